The normalized spacial score (nSPS) is 17.6. The lowest BCUT2D eigenvalue weighted by Gasteiger charge is -2.54. The van der Waals surface area contributed by atoms with Crippen LogP contribution in [0.5, 0.6) is 5.75 Å². The number of nitrogens with zero attached hydrogens (tertiary/aromatic N) is 8. The molecule has 0 bridgehead atoms. The molecule has 1 aliphatic carbocycles. The number of piperazine rings is 1. The molecule has 0 unspecified atom stereocenters. The van der Waals surface area contributed by atoms with Crippen molar-refractivity contribution in [1.29, 1.82) is 0 Å². The monoisotopic (exact) mass is 707 g/mol. The molecule has 1 saturated heterocycles. The number of carbonyl (C=O) groups excluding carboxylic acids is 2. The molecular formula is C33H32F3N9O4S. The highest BCUT2D eigenvalue weighted by Crippen LogP contribution is 2.39. The number of hydrogen-bond donors (Lipinski definition) is 2. The molecule has 17 heteroatoms. The van der Waals surface area contributed by atoms with Crippen molar-refractivity contribution in [2.24, 2.45) is 0 Å². The average molecular weight is 708 g/mol. The van der Waals surface area contributed by atoms with Gasteiger partial charge in [-0.3, -0.25) is 14.4 Å². The summed E-state index contributed by atoms with van der Waals surface area (Å²) < 4.78 is 41.5. The van der Waals surface area contributed by atoms with Crippen molar-refractivity contribution in [1.82, 2.24) is 34.4 Å². The molecule has 13 nitrogen and oxygen atoms in total. The topological polar surface area (TPSA) is 159 Å². The Morgan fingerprint density at radius 1 is 1.06 bits per heavy atom. The summed E-state index contributed by atoms with van der Waals surface area (Å²) >= 11 is 1.30. The molecule has 1 saturated carbocycles. The number of aryl methyl sites for hydroxylation is 3. The number of hydrogen-bond acceptors (Lipinski definition) is 11. The number of fused-ring (bicyclic) bond motifs is 3. The predicted octanol–water partition coefficient (Wildman–Crippen LogP) is 4.54. The van der Waals surface area contributed by atoms with Crippen molar-refractivity contribution in [3.05, 3.63) is 68.0 Å². The molecule has 1 aliphatic heterocycles. The van der Waals surface area contributed by atoms with Gasteiger partial charge in [0.05, 0.1) is 22.3 Å². The molecule has 7 rings (SSSR count). The van der Waals surface area contributed by atoms with Crippen LogP contribution in [0.25, 0.3) is 21.6 Å². The van der Waals surface area contributed by atoms with Crippen molar-refractivity contribution in [2.45, 2.75) is 71.8 Å². The van der Waals surface area contributed by atoms with Crippen LogP contribution in [0.3, 0.4) is 0 Å². The van der Waals surface area contributed by atoms with Crippen LogP contribution >= 0.6 is 11.3 Å². The first-order valence-corrected chi connectivity index (χ1v) is 16.8. The summed E-state index contributed by atoms with van der Waals surface area (Å²) in [6.07, 6.45) is -1.59. The second kappa shape index (κ2) is 12.3. The Balaban J connectivity index is 1.28. The maximum Gasteiger partial charge on any atom is 0.416 e. The quantitative estimate of drug-likeness (QED) is 0.257. The van der Waals surface area contributed by atoms with Gasteiger partial charge < -0.3 is 24.8 Å². The van der Waals surface area contributed by atoms with Crippen LogP contribution < -0.4 is 15.6 Å². The highest BCUT2D eigenvalue weighted by atomic mass is 32.1. The summed E-state index contributed by atoms with van der Waals surface area (Å²) in [6.45, 7) is 6.96. The number of thiazole rings is 1. The number of amides is 2. The summed E-state index contributed by atoms with van der Waals surface area (Å²) in [7, 11) is 0. The third-order valence-corrected chi connectivity index (χ3v) is 10.3. The molecule has 0 spiro atoms. The fourth-order valence-corrected chi connectivity index (χ4v) is 7.59. The molecule has 4 aromatic heterocycles. The van der Waals surface area contributed by atoms with Crippen LogP contribution in [0, 0.1) is 20.8 Å². The van der Waals surface area contributed by atoms with Crippen LogP contribution in [-0.4, -0.2) is 76.5 Å². The van der Waals surface area contributed by atoms with Gasteiger partial charge in [-0.2, -0.15) is 13.2 Å². The van der Waals surface area contributed by atoms with Crippen LogP contribution in [0.4, 0.5) is 24.5 Å². The Bertz CT molecular complexity index is 2270. The largest absolute Gasteiger partial charge is 0.504 e. The van der Waals surface area contributed by atoms with E-state index in [2.05, 4.69) is 25.3 Å². The summed E-state index contributed by atoms with van der Waals surface area (Å²) in [5.74, 6) is -1.22. The SMILES string of the molecule is CCc1c(N2CCN(C(=O)c3ncnc(C)c3O)[C@H]3CC[C@@H]32)c(=O)c2nc3nc(C)sc3nc2n1CC(=O)Nc1ccc(C(F)(F)F)cc1C. The van der Waals surface area contributed by atoms with Gasteiger partial charge in [0.25, 0.3) is 5.91 Å². The number of rotatable bonds is 6. The van der Waals surface area contributed by atoms with E-state index in [0.717, 1.165) is 12.1 Å². The summed E-state index contributed by atoms with van der Waals surface area (Å²) in [4.78, 5) is 67.6. The number of carbonyl (C=O) groups is 2. The van der Waals surface area contributed by atoms with Gasteiger partial charge in [-0.1, -0.05) is 18.3 Å². The fraction of sp³-hybridized carbons (Fsp3) is 0.394. The molecule has 2 aliphatic rings. The lowest BCUT2D eigenvalue weighted by Crippen LogP contribution is -2.67. The van der Waals surface area contributed by atoms with Crippen LogP contribution in [0.15, 0.2) is 29.3 Å². The Hall–Kier alpha value is -5.19. The summed E-state index contributed by atoms with van der Waals surface area (Å²) in [6, 6.07) is 2.60. The van der Waals surface area contributed by atoms with E-state index in [1.807, 2.05) is 11.8 Å². The molecule has 2 N–H and O–H groups in total. The Labute approximate surface area is 286 Å². The van der Waals surface area contributed by atoms with Gasteiger partial charge in [-0.15, -0.1) is 0 Å². The second-order valence-corrected chi connectivity index (χ2v) is 13.6. The molecule has 5 aromatic rings. The maximum absolute atomic E-state index is 14.4. The minimum atomic E-state index is -4.53. The van der Waals surface area contributed by atoms with Crippen LogP contribution in [-0.2, 0) is 23.9 Å². The van der Waals surface area contributed by atoms with Crippen molar-refractivity contribution in [2.75, 3.05) is 23.3 Å². The van der Waals surface area contributed by atoms with E-state index in [1.54, 1.807) is 23.3 Å². The van der Waals surface area contributed by atoms with E-state index in [4.69, 9.17) is 4.98 Å². The molecule has 1 aromatic carbocycles. The zero-order chi connectivity index (χ0) is 35.6. The van der Waals surface area contributed by atoms with Gasteiger partial charge in [0.2, 0.25) is 11.3 Å². The van der Waals surface area contributed by atoms with Crippen LogP contribution in [0.2, 0.25) is 0 Å². The first-order valence-electron chi connectivity index (χ1n) is 16.0. The number of nitrogens with one attached hydrogen (secondary N) is 1. The molecule has 5 heterocycles. The number of pyridine rings is 1. The zero-order valence-corrected chi connectivity index (χ0v) is 28.3. The minimum absolute atomic E-state index is 0.0317. The van der Waals surface area contributed by atoms with Crippen molar-refractivity contribution in [3.8, 4) is 5.75 Å². The van der Waals surface area contributed by atoms with Crippen molar-refractivity contribution in [3.63, 3.8) is 0 Å². The van der Waals surface area contributed by atoms with Gasteiger partial charge >= 0.3 is 6.18 Å². The molecule has 0 radical (unpaired) electrons. The lowest BCUT2D eigenvalue weighted by molar-refractivity contribution is -0.137. The van der Waals surface area contributed by atoms with E-state index in [9.17, 15) is 32.7 Å². The smallest absolute Gasteiger partial charge is 0.416 e. The highest BCUT2D eigenvalue weighted by molar-refractivity contribution is 7.18. The first-order chi connectivity index (χ1) is 23.8. The molecule has 2 fully saturated rings. The third kappa shape index (κ3) is 5.58. The molecular weight excluding hydrogens is 675 g/mol. The second-order valence-electron chi connectivity index (χ2n) is 12.5. The molecule has 260 valence electrons. The van der Waals surface area contributed by atoms with E-state index >= 15 is 0 Å². The van der Waals surface area contributed by atoms with Crippen LogP contribution in [0.1, 0.15) is 57.8 Å². The number of aromatic hydroxyl groups is 1. The molecule has 2 atom stereocenters. The average Bonchev–Trinajstić information content (AvgIpc) is 3.42. The van der Waals surface area contributed by atoms with Gasteiger partial charge in [0.1, 0.15) is 18.6 Å². The molecule has 2 amide bonds. The van der Waals surface area contributed by atoms with E-state index in [1.165, 1.54) is 30.7 Å². The van der Waals surface area contributed by atoms with Gasteiger partial charge in [-0.05, 0) is 63.8 Å². The predicted molar refractivity (Wildman–Crippen MR) is 180 cm³/mol. The third-order valence-electron chi connectivity index (χ3n) is 9.43. The molecule has 50 heavy (non-hydrogen) atoms. The van der Waals surface area contributed by atoms with Gasteiger partial charge in [0.15, 0.2) is 33.1 Å². The van der Waals surface area contributed by atoms with E-state index < -0.39 is 23.6 Å². The Kier molecular flexibility index (Phi) is 8.19. The maximum atomic E-state index is 14.4. The standard InChI is InChI=1S/C33H32F3N9O4S/c1-5-20-26(43-10-11-44(22-9-8-21(22)43)32(49)25-27(47)16(3)37-14-38-25)28(48)24-30(42-31-29(41-24)39-17(4)50-31)45(20)13-23(46)40-19-7-6-18(12-15(19)2)33(34,35)36/h6-7,12,14,21-22,47H,5,8-11,13H2,1-4H3,(H,40,46)/t21-,22-/m0/s1. The Morgan fingerprint density at radius 3 is 2.50 bits per heavy atom. The number of alkyl halides is 3. The number of anilines is 2. The number of halogens is 3. The zero-order valence-electron chi connectivity index (χ0n) is 27.5. The summed E-state index contributed by atoms with van der Waals surface area (Å²) in [5.41, 5.74) is 0.895. The highest BCUT2D eigenvalue weighted by Gasteiger charge is 2.47. The number of benzene rings is 1. The van der Waals surface area contributed by atoms with Gasteiger partial charge in [-0.25, -0.2) is 24.9 Å². The summed E-state index contributed by atoms with van der Waals surface area (Å²) in [5, 5.41) is 13.9. The Morgan fingerprint density at radius 2 is 1.82 bits per heavy atom. The van der Waals surface area contributed by atoms with E-state index in [0.29, 0.717) is 51.8 Å². The van der Waals surface area contributed by atoms with Crippen molar-refractivity contribution >= 4 is 56.2 Å². The number of aromatic nitrogens is 6. The lowest BCUT2D eigenvalue weighted by atomic mass is 9.81. The van der Waals surface area contributed by atoms with Crippen molar-refractivity contribution < 1.29 is 27.9 Å². The minimum Gasteiger partial charge on any atom is -0.504 e. The van der Waals surface area contributed by atoms with E-state index in [-0.39, 0.29) is 71.0 Å². The van der Waals surface area contributed by atoms with Gasteiger partial charge in [0, 0.05) is 30.5 Å². The first kappa shape index (κ1) is 33.3. The fourth-order valence-electron chi connectivity index (χ4n) is 6.86.